The molecule has 5 nitrogen and oxygen atoms in total. The molecule has 4 rings (SSSR count). The van der Waals surface area contributed by atoms with Gasteiger partial charge in [-0.1, -0.05) is 11.6 Å². The van der Waals surface area contributed by atoms with E-state index in [1.165, 1.54) is 0 Å². The number of rotatable bonds is 2. The zero-order valence-electron chi connectivity index (χ0n) is 13.3. The molecule has 2 aromatic rings. The number of nitrogens with one attached hydrogen (secondary N) is 1. The summed E-state index contributed by atoms with van der Waals surface area (Å²) < 4.78 is 0. The molecule has 128 valence electrons. The highest BCUT2D eigenvalue weighted by atomic mass is 35.5. The number of aromatic nitrogens is 1. The minimum atomic E-state index is 0. The van der Waals surface area contributed by atoms with Crippen molar-refractivity contribution in [2.75, 3.05) is 42.5 Å². The van der Waals surface area contributed by atoms with Crippen molar-refractivity contribution in [2.24, 2.45) is 0 Å². The highest BCUT2D eigenvalue weighted by Crippen LogP contribution is 2.31. The van der Waals surface area contributed by atoms with Crippen molar-refractivity contribution < 1.29 is 4.79 Å². The topological polar surface area (TPSA) is 48.5 Å². The molecule has 2 saturated heterocycles. The van der Waals surface area contributed by atoms with Gasteiger partial charge in [0.25, 0.3) is 0 Å². The van der Waals surface area contributed by atoms with Crippen LogP contribution in [0, 0.1) is 0 Å². The number of amides is 1. The predicted molar refractivity (Wildman–Crippen MR) is 101 cm³/mol. The van der Waals surface area contributed by atoms with Crippen molar-refractivity contribution in [1.29, 1.82) is 0 Å². The molecule has 1 amide bonds. The molecule has 0 atom stereocenters. The van der Waals surface area contributed by atoms with E-state index in [1.54, 1.807) is 0 Å². The van der Waals surface area contributed by atoms with Crippen LogP contribution in [0.1, 0.15) is 12.8 Å². The normalized spacial score (nSPS) is 18.1. The van der Waals surface area contributed by atoms with Crippen molar-refractivity contribution in [3.63, 3.8) is 0 Å². The van der Waals surface area contributed by atoms with Crippen molar-refractivity contribution in [3.05, 3.63) is 29.3 Å². The Morgan fingerprint density at radius 2 is 1.92 bits per heavy atom. The average molecular weight is 367 g/mol. The van der Waals surface area contributed by atoms with Crippen LogP contribution in [0.25, 0.3) is 10.9 Å². The fraction of sp³-hybridized carbons (Fsp3) is 0.412. The first kappa shape index (κ1) is 17.3. The second kappa shape index (κ2) is 7.13. The van der Waals surface area contributed by atoms with Crippen LogP contribution in [0.2, 0.25) is 5.02 Å². The number of hydrogen-bond acceptors (Lipinski definition) is 4. The van der Waals surface area contributed by atoms with Gasteiger partial charge in [-0.05, 0) is 30.7 Å². The lowest BCUT2D eigenvalue weighted by Crippen LogP contribution is -2.44. The Morgan fingerprint density at radius 3 is 2.62 bits per heavy atom. The third-order valence-corrected chi connectivity index (χ3v) is 4.81. The highest BCUT2D eigenvalue weighted by molar-refractivity contribution is 6.33. The zero-order chi connectivity index (χ0) is 15.8. The maximum absolute atomic E-state index is 11.9. The van der Waals surface area contributed by atoms with Gasteiger partial charge >= 0.3 is 0 Å². The Hall–Kier alpha value is -1.56. The summed E-state index contributed by atoms with van der Waals surface area (Å²) in [6, 6.07) is 7.94. The van der Waals surface area contributed by atoms with Gasteiger partial charge in [0, 0.05) is 50.2 Å². The average Bonchev–Trinajstić information content (AvgIpc) is 3.00. The Morgan fingerprint density at radius 1 is 1.12 bits per heavy atom. The molecule has 0 radical (unpaired) electrons. The van der Waals surface area contributed by atoms with E-state index in [9.17, 15) is 4.79 Å². The van der Waals surface area contributed by atoms with E-state index in [4.69, 9.17) is 16.6 Å². The molecule has 0 saturated carbocycles. The molecule has 7 heteroatoms. The summed E-state index contributed by atoms with van der Waals surface area (Å²) in [5.41, 5.74) is 1.85. The molecule has 2 aliphatic rings. The van der Waals surface area contributed by atoms with Gasteiger partial charge in [-0.3, -0.25) is 4.79 Å². The molecular formula is C17H20Cl2N4O. The smallest absolute Gasteiger partial charge is 0.227 e. The first-order valence-electron chi connectivity index (χ1n) is 8.09. The third kappa shape index (κ3) is 3.16. The van der Waals surface area contributed by atoms with E-state index in [0.717, 1.165) is 61.6 Å². The van der Waals surface area contributed by atoms with Gasteiger partial charge in [0.1, 0.15) is 5.82 Å². The number of pyridine rings is 1. The maximum Gasteiger partial charge on any atom is 0.227 e. The standard InChI is InChI=1S/C17H19ClN4O.ClH/c18-14-11-12-10-13(22-7-1-2-16(22)23)3-4-15(12)20-17(14)21-8-5-19-6-9-21;/h3-4,10-11,19H,1-2,5-9H2;1H. The number of anilines is 2. The Kier molecular flexibility index (Phi) is 5.13. The van der Waals surface area contributed by atoms with Gasteiger partial charge < -0.3 is 15.1 Å². The summed E-state index contributed by atoms with van der Waals surface area (Å²) in [6.45, 7) is 4.53. The lowest BCUT2D eigenvalue weighted by molar-refractivity contribution is -0.117. The summed E-state index contributed by atoms with van der Waals surface area (Å²) >= 11 is 6.47. The van der Waals surface area contributed by atoms with Crippen LogP contribution < -0.4 is 15.1 Å². The predicted octanol–water partition coefficient (Wildman–Crippen LogP) is 2.85. The lowest BCUT2D eigenvalue weighted by Gasteiger charge is -2.29. The number of fused-ring (bicyclic) bond motifs is 1. The molecule has 1 aromatic carbocycles. The zero-order valence-corrected chi connectivity index (χ0v) is 14.9. The fourth-order valence-corrected chi connectivity index (χ4v) is 3.59. The lowest BCUT2D eigenvalue weighted by atomic mass is 10.1. The molecular weight excluding hydrogens is 347 g/mol. The van der Waals surface area contributed by atoms with E-state index in [0.29, 0.717) is 11.4 Å². The van der Waals surface area contributed by atoms with Gasteiger partial charge in [-0.25, -0.2) is 4.98 Å². The van der Waals surface area contributed by atoms with E-state index in [1.807, 2.05) is 29.2 Å². The molecule has 1 N–H and O–H groups in total. The molecule has 0 unspecified atom stereocenters. The minimum Gasteiger partial charge on any atom is -0.353 e. The summed E-state index contributed by atoms with van der Waals surface area (Å²) in [5, 5.41) is 4.98. The van der Waals surface area contributed by atoms with E-state index < -0.39 is 0 Å². The van der Waals surface area contributed by atoms with Crippen LogP contribution in [0.5, 0.6) is 0 Å². The van der Waals surface area contributed by atoms with Gasteiger partial charge in [0.15, 0.2) is 0 Å². The molecule has 1 aromatic heterocycles. The molecule has 2 aliphatic heterocycles. The SMILES string of the molecule is Cl.O=C1CCCN1c1ccc2nc(N3CCNCC3)c(Cl)cc2c1. The van der Waals surface area contributed by atoms with E-state index in [2.05, 4.69) is 10.2 Å². The summed E-state index contributed by atoms with van der Waals surface area (Å²) in [6.07, 6.45) is 1.57. The first-order valence-corrected chi connectivity index (χ1v) is 8.46. The van der Waals surface area contributed by atoms with Crippen molar-refractivity contribution in [3.8, 4) is 0 Å². The first-order chi connectivity index (χ1) is 11.2. The van der Waals surface area contributed by atoms with Crippen LogP contribution >= 0.6 is 24.0 Å². The van der Waals surface area contributed by atoms with E-state index >= 15 is 0 Å². The number of piperazine rings is 1. The Bertz CT molecular complexity index is 762. The number of hydrogen-bond donors (Lipinski definition) is 1. The molecule has 3 heterocycles. The number of carbonyl (C=O) groups excluding carboxylic acids is 1. The van der Waals surface area contributed by atoms with Gasteiger partial charge in [-0.2, -0.15) is 0 Å². The van der Waals surface area contributed by atoms with Gasteiger partial charge in [0.05, 0.1) is 10.5 Å². The van der Waals surface area contributed by atoms with Gasteiger partial charge in [-0.15, -0.1) is 12.4 Å². The van der Waals surface area contributed by atoms with Crippen LogP contribution in [0.3, 0.4) is 0 Å². The quantitative estimate of drug-likeness (QED) is 0.887. The summed E-state index contributed by atoms with van der Waals surface area (Å²) in [7, 11) is 0. The monoisotopic (exact) mass is 366 g/mol. The molecule has 2 fully saturated rings. The molecule has 24 heavy (non-hydrogen) atoms. The number of halogens is 2. The summed E-state index contributed by atoms with van der Waals surface area (Å²) in [5.74, 6) is 1.05. The highest BCUT2D eigenvalue weighted by Gasteiger charge is 2.22. The second-order valence-corrected chi connectivity index (χ2v) is 6.46. The Balaban J connectivity index is 0.00000169. The van der Waals surface area contributed by atoms with E-state index in [-0.39, 0.29) is 18.3 Å². The summed E-state index contributed by atoms with van der Waals surface area (Å²) in [4.78, 5) is 20.7. The minimum absolute atomic E-state index is 0. The van der Waals surface area contributed by atoms with Crippen molar-refractivity contribution >= 4 is 52.3 Å². The fourth-order valence-electron chi connectivity index (χ4n) is 3.32. The van der Waals surface area contributed by atoms with Crippen LogP contribution in [0.15, 0.2) is 24.3 Å². The number of carbonyl (C=O) groups is 1. The third-order valence-electron chi connectivity index (χ3n) is 4.53. The van der Waals surface area contributed by atoms with Crippen molar-refractivity contribution in [2.45, 2.75) is 12.8 Å². The van der Waals surface area contributed by atoms with Gasteiger partial charge in [0.2, 0.25) is 5.91 Å². The second-order valence-electron chi connectivity index (χ2n) is 6.06. The molecule has 0 spiro atoms. The van der Waals surface area contributed by atoms with Crippen LogP contribution in [0.4, 0.5) is 11.5 Å². The maximum atomic E-state index is 11.9. The number of benzene rings is 1. The van der Waals surface area contributed by atoms with Crippen LogP contribution in [-0.4, -0.2) is 43.6 Å². The van der Waals surface area contributed by atoms with Crippen molar-refractivity contribution in [1.82, 2.24) is 10.3 Å². The number of nitrogens with zero attached hydrogens (tertiary/aromatic N) is 3. The van der Waals surface area contributed by atoms with Crippen LogP contribution in [-0.2, 0) is 4.79 Å². The largest absolute Gasteiger partial charge is 0.353 e. The Labute approximate surface area is 152 Å². The molecule has 0 aliphatic carbocycles. The molecule has 0 bridgehead atoms.